The summed E-state index contributed by atoms with van der Waals surface area (Å²) in [6, 6.07) is 9.00. The van der Waals surface area contributed by atoms with E-state index in [4.69, 9.17) is 0 Å². The molecule has 1 N–H and O–H groups in total. The van der Waals surface area contributed by atoms with Crippen molar-refractivity contribution in [2.45, 2.75) is 12.5 Å². The van der Waals surface area contributed by atoms with Crippen LogP contribution in [0.2, 0.25) is 0 Å². The summed E-state index contributed by atoms with van der Waals surface area (Å²) in [5.41, 5.74) is -0.148. The molecule has 1 aliphatic heterocycles. The third kappa shape index (κ3) is 2.46. The molecule has 1 atom stereocenters. The third-order valence-electron chi connectivity index (χ3n) is 3.40. The first-order valence-corrected chi connectivity index (χ1v) is 6.29. The van der Waals surface area contributed by atoms with E-state index in [-0.39, 0.29) is 11.9 Å². The van der Waals surface area contributed by atoms with Crippen molar-refractivity contribution in [2.75, 3.05) is 27.2 Å². The lowest BCUT2D eigenvalue weighted by molar-refractivity contribution is -0.131. The summed E-state index contributed by atoms with van der Waals surface area (Å²) in [7, 11) is 3.82. The van der Waals surface area contributed by atoms with Crippen molar-refractivity contribution in [3.63, 3.8) is 0 Å². The van der Waals surface area contributed by atoms with Crippen LogP contribution in [-0.4, -0.2) is 48.9 Å². The van der Waals surface area contributed by atoms with Crippen molar-refractivity contribution in [3.8, 4) is 0 Å². The van der Waals surface area contributed by atoms with E-state index < -0.39 is 5.54 Å². The van der Waals surface area contributed by atoms with E-state index in [0.717, 1.165) is 5.56 Å². The number of benzene rings is 1. The lowest BCUT2D eigenvalue weighted by atomic mass is 9.92. The smallest absolute Gasteiger partial charge is 0.319 e. The van der Waals surface area contributed by atoms with Gasteiger partial charge in [0, 0.05) is 13.1 Å². The van der Waals surface area contributed by atoms with E-state index in [1.54, 1.807) is 6.92 Å². The van der Waals surface area contributed by atoms with Gasteiger partial charge in [-0.2, -0.15) is 0 Å². The number of amides is 3. The highest BCUT2D eigenvalue weighted by Crippen LogP contribution is 2.28. The number of hydrogen-bond donors (Lipinski definition) is 1. The molecule has 0 bridgehead atoms. The molecular weight excluding hydrogens is 242 g/mol. The van der Waals surface area contributed by atoms with Gasteiger partial charge in [-0.05, 0) is 26.6 Å². The highest BCUT2D eigenvalue weighted by Gasteiger charge is 2.48. The number of nitrogens with zero attached hydrogens (tertiary/aromatic N) is 2. The van der Waals surface area contributed by atoms with Crippen LogP contribution in [0.4, 0.5) is 4.79 Å². The van der Waals surface area contributed by atoms with Gasteiger partial charge in [0.2, 0.25) is 0 Å². The van der Waals surface area contributed by atoms with E-state index in [9.17, 15) is 9.59 Å². The molecule has 1 unspecified atom stereocenters. The van der Waals surface area contributed by atoms with Crippen LogP contribution in [0.5, 0.6) is 0 Å². The zero-order valence-electron chi connectivity index (χ0n) is 11.5. The molecule has 5 nitrogen and oxygen atoms in total. The van der Waals surface area contributed by atoms with Gasteiger partial charge in [0.25, 0.3) is 5.91 Å². The van der Waals surface area contributed by atoms with Gasteiger partial charge in [0.15, 0.2) is 0 Å². The van der Waals surface area contributed by atoms with Gasteiger partial charge in [-0.3, -0.25) is 9.69 Å². The summed E-state index contributed by atoms with van der Waals surface area (Å²) in [6.45, 7) is 2.81. The van der Waals surface area contributed by atoms with E-state index in [0.29, 0.717) is 13.1 Å². The number of carbonyl (C=O) groups is 2. The van der Waals surface area contributed by atoms with Crippen LogP contribution >= 0.6 is 0 Å². The minimum Gasteiger partial charge on any atom is -0.319 e. The zero-order chi connectivity index (χ0) is 14.0. The summed E-state index contributed by atoms with van der Waals surface area (Å²) < 4.78 is 0. The Labute approximate surface area is 113 Å². The monoisotopic (exact) mass is 261 g/mol. The van der Waals surface area contributed by atoms with Crippen LogP contribution < -0.4 is 5.32 Å². The Hall–Kier alpha value is -1.88. The molecule has 1 saturated heterocycles. The van der Waals surface area contributed by atoms with Gasteiger partial charge in [-0.25, -0.2) is 4.79 Å². The zero-order valence-corrected chi connectivity index (χ0v) is 11.5. The molecule has 0 aliphatic carbocycles. The summed E-state index contributed by atoms with van der Waals surface area (Å²) in [4.78, 5) is 27.7. The average Bonchev–Trinajstić information content (AvgIpc) is 2.60. The Kier molecular flexibility index (Phi) is 3.57. The molecule has 5 heteroatoms. The molecule has 1 aromatic rings. The van der Waals surface area contributed by atoms with E-state index in [1.807, 2.05) is 49.3 Å². The molecule has 1 heterocycles. The van der Waals surface area contributed by atoms with Gasteiger partial charge in [-0.1, -0.05) is 30.3 Å². The molecule has 3 amide bonds. The van der Waals surface area contributed by atoms with Crippen LogP contribution in [-0.2, 0) is 10.3 Å². The van der Waals surface area contributed by atoms with Crippen molar-refractivity contribution < 1.29 is 9.59 Å². The molecule has 0 saturated carbocycles. The number of rotatable bonds is 4. The summed E-state index contributed by atoms with van der Waals surface area (Å²) >= 11 is 0. The predicted octanol–water partition coefficient (Wildman–Crippen LogP) is 1.02. The lowest BCUT2D eigenvalue weighted by Crippen LogP contribution is -2.41. The molecule has 0 aromatic heterocycles. The highest BCUT2D eigenvalue weighted by atomic mass is 16.2. The molecule has 0 spiro atoms. The predicted molar refractivity (Wildman–Crippen MR) is 72.6 cm³/mol. The van der Waals surface area contributed by atoms with Crippen molar-refractivity contribution in [2.24, 2.45) is 0 Å². The standard InChI is InChI=1S/C14H19N3O2/c1-14(11-7-5-4-6-8-11)12(18)17(13(19)15-14)10-9-16(2)3/h4-8H,9-10H2,1-3H3,(H,15,19). The molecule has 1 aliphatic rings. The van der Waals surface area contributed by atoms with Crippen molar-refractivity contribution >= 4 is 11.9 Å². The first kappa shape index (κ1) is 13.5. The number of hydrogen-bond acceptors (Lipinski definition) is 3. The highest BCUT2D eigenvalue weighted by molar-refractivity contribution is 6.07. The Bertz CT molecular complexity index is 487. The van der Waals surface area contributed by atoms with E-state index in [1.165, 1.54) is 4.90 Å². The average molecular weight is 261 g/mol. The fourth-order valence-electron chi connectivity index (χ4n) is 2.17. The first-order valence-electron chi connectivity index (χ1n) is 6.29. The van der Waals surface area contributed by atoms with Gasteiger partial charge < -0.3 is 10.2 Å². The fraction of sp³-hybridized carbons (Fsp3) is 0.429. The largest absolute Gasteiger partial charge is 0.325 e. The van der Waals surface area contributed by atoms with Crippen molar-refractivity contribution in [3.05, 3.63) is 35.9 Å². The summed E-state index contributed by atoms with van der Waals surface area (Å²) in [5, 5.41) is 2.79. The quantitative estimate of drug-likeness (QED) is 0.823. The minimum absolute atomic E-state index is 0.189. The van der Waals surface area contributed by atoms with Gasteiger partial charge in [0.1, 0.15) is 5.54 Å². The first-order chi connectivity index (χ1) is 8.95. The van der Waals surface area contributed by atoms with Crippen LogP contribution in [0.1, 0.15) is 12.5 Å². The molecule has 0 radical (unpaired) electrons. The Morgan fingerprint density at radius 2 is 1.84 bits per heavy atom. The Balaban J connectivity index is 2.22. The number of carbonyl (C=O) groups excluding carboxylic acids is 2. The molecule has 19 heavy (non-hydrogen) atoms. The number of urea groups is 1. The molecule has 2 rings (SSSR count). The van der Waals surface area contributed by atoms with Crippen molar-refractivity contribution in [1.29, 1.82) is 0 Å². The molecule has 1 aromatic carbocycles. The van der Waals surface area contributed by atoms with E-state index >= 15 is 0 Å². The topological polar surface area (TPSA) is 52.6 Å². The second-order valence-electron chi connectivity index (χ2n) is 5.18. The Morgan fingerprint density at radius 3 is 2.42 bits per heavy atom. The minimum atomic E-state index is -0.954. The number of likely N-dealkylation sites (N-methyl/N-ethyl adjacent to an activating group) is 1. The summed E-state index contributed by atoms with van der Waals surface area (Å²) in [6.07, 6.45) is 0. The molecule has 102 valence electrons. The third-order valence-corrected chi connectivity index (χ3v) is 3.40. The second-order valence-corrected chi connectivity index (χ2v) is 5.18. The van der Waals surface area contributed by atoms with Crippen LogP contribution in [0.25, 0.3) is 0 Å². The molecular formula is C14H19N3O2. The van der Waals surface area contributed by atoms with Gasteiger partial charge in [0.05, 0.1) is 0 Å². The summed E-state index contributed by atoms with van der Waals surface area (Å²) in [5.74, 6) is -0.189. The number of imide groups is 1. The van der Waals surface area contributed by atoms with Crippen LogP contribution in [0, 0.1) is 0 Å². The maximum Gasteiger partial charge on any atom is 0.325 e. The Morgan fingerprint density at radius 1 is 1.21 bits per heavy atom. The van der Waals surface area contributed by atoms with Crippen molar-refractivity contribution in [1.82, 2.24) is 15.1 Å². The van der Waals surface area contributed by atoms with Gasteiger partial charge in [-0.15, -0.1) is 0 Å². The van der Waals surface area contributed by atoms with E-state index in [2.05, 4.69) is 5.32 Å². The SMILES string of the molecule is CN(C)CCN1C(=O)NC(C)(c2ccccc2)C1=O. The normalized spacial score (nSPS) is 23.1. The maximum absolute atomic E-state index is 12.5. The number of nitrogens with one attached hydrogen (secondary N) is 1. The van der Waals surface area contributed by atoms with Crippen LogP contribution in [0.3, 0.4) is 0 Å². The molecule has 1 fully saturated rings. The maximum atomic E-state index is 12.5. The van der Waals surface area contributed by atoms with Crippen LogP contribution in [0.15, 0.2) is 30.3 Å². The fourth-order valence-corrected chi connectivity index (χ4v) is 2.17. The van der Waals surface area contributed by atoms with Gasteiger partial charge >= 0.3 is 6.03 Å². The lowest BCUT2D eigenvalue weighted by Gasteiger charge is -2.22. The second kappa shape index (κ2) is 5.01.